The smallest absolute Gasteiger partial charge is 0.318 e. The summed E-state index contributed by atoms with van der Waals surface area (Å²) >= 11 is 12.1. The number of hydrogen-bond donors (Lipinski definition) is 1. The third kappa shape index (κ3) is 3.83. The molecule has 0 unspecified atom stereocenters. The molecule has 4 rings (SSSR count). The van der Waals surface area contributed by atoms with Crippen molar-refractivity contribution in [2.75, 3.05) is 4.90 Å². The first kappa shape index (κ1) is 21.9. The maximum Gasteiger partial charge on any atom is 0.335 e. The Morgan fingerprint density at radius 1 is 0.938 bits per heavy atom. The second-order valence-corrected chi connectivity index (χ2v) is 8.40. The number of aromatic nitrogens is 1. The van der Waals surface area contributed by atoms with E-state index in [1.807, 2.05) is 49.6 Å². The van der Waals surface area contributed by atoms with Crippen LogP contribution in [0.15, 0.2) is 54.1 Å². The Kier molecular flexibility index (Phi) is 5.67. The van der Waals surface area contributed by atoms with Gasteiger partial charge >= 0.3 is 6.03 Å². The number of imide groups is 2. The van der Waals surface area contributed by atoms with Gasteiger partial charge in [-0.25, -0.2) is 9.69 Å². The Balaban J connectivity index is 1.78. The molecule has 4 amide bonds. The summed E-state index contributed by atoms with van der Waals surface area (Å²) in [6.07, 6.45) is 1.50. The topological polar surface area (TPSA) is 71.4 Å². The molecule has 0 atom stereocenters. The summed E-state index contributed by atoms with van der Waals surface area (Å²) in [5.74, 6) is -1.52. The maximum absolute atomic E-state index is 13.2. The minimum Gasteiger partial charge on any atom is -0.318 e. The van der Waals surface area contributed by atoms with Gasteiger partial charge in [-0.3, -0.25) is 14.9 Å². The van der Waals surface area contributed by atoms with Gasteiger partial charge < -0.3 is 4.57 Å². The van der Waals surface area contributed by atoms with Crippen LogP contribution >= 0.6 is 23.2 Å². The summed E-state index contributed by atoms with van der Waals surface area (Å²) in [5.41, 5.74) is 4.56. The van der Waals surface area contributed by atoms with Gasteiger partial charge in [0.1, 0.15) is 5.57 Å². The number of nitrogens with zero attached hydrogens (tertiary/aromatic N) is 2. The van der Waals surface area contributed by atoms with Crippen molar-refractivity contribution in [1.82, 2.24) is 9.88 Å². The summed E-state index contributed by atoms with van der Waals surface area (Å²) in [4.78, 5) is 39.0. The molecule has 162 valence electrons. The molecule has 32 heavy (non-hydrogen) atoms. The van der Waals surface area contributed by atoms with Crippen molar-refractivity contribution < 1.29 is 14.4 Å². The zero-order chi connectivity index (χ0) is 23.2. The minimum absolute atomic E-state index is 0.118. The second-order valence-electron chi connectivity index (χ2n) is 7.55. The lowest BCUT2D eigenvalue weighted by Crippen LogP contribution is -2.54. The maximum atomic E-state index is 13.2. The van der Waals surface area contributed by atoms with E-state index in [0.29, 0.717) is 10.6 Å². The third-order valence-corrected chi connectivity index (χ3v) is 5.82. The van der Waals surface area contributed by atoms with Crippen LogP contribution in [0.3, 0.4) is 0 Å². The number of barbiturate groups is 1. The van der Waals surface area contributed by atoms with E-state index in [1.54, 1.807) is 0 Å². The molecule has 8 heteroatoms. The van der Waals surface area contributed by atoms with E-state index in [4.69, 9.17) is 23.2 Å². The number of carbonyl (C=O) groups is 3. The van der Waals surface area contributed by atoms with Crippen molar-refractivity contribution in [3.05, 3.63) is 86.7 Å². The SMILES string of the molecule is Cc1cccc(-n2c(C)cc(/C=C3\C(=O)NC(=O)N(c4ccc(Cl)cc4Cl)C3=O)c2C)c1. The highest BCUT2D eigenvalue weighted by molar-refractivity contribution is 6.42. The average molecular weight is 468 g/mol. The summed E-state index contributed by atoms with van der Waals surface area (Å²) in [6.45, 7) is 5.87. The summed E-state index contributed by atoms with van der Waals surface area (Å²) in [7, 11) is 0. The van der Waals surface area contributed by atoms with Crippen LogP contribution in [0.4, 0.5) is 10.5 Å². The highest BCUT2D eigenvalue weighted by Gasteiger charge is 2.38. The Labute approximate surface area is 195 Å². The quantitative estimate of drug-likeness (QED) is 0.415. The summed E-state index contributed by atoms with van der Waals surface area (Å²) in [6, 6.07) is 13.4. The Hall–Kier alpha value is -3.35. The zero-order valence-electron chi connectivity index (χ0n) is 17.6. The molecule has 0 aliphatic carbocycles. The molecule has 3 aromatic rings. The first-order valence-corrected chi connectivity index (χ1v) is 10.6. The van der Waals surface area contributed by atoms with Crippen LogP contribution in [-0.2, 0) is 9.59 Å². The normalized spacial score (nSPS) is 15.5. The number of hydrogen-bond acceptors (Lipinski definition) is 3. The average Bonchev–Trinajstić information content (AvgIpc) is 2.99. The lowest BCUT2D eigenvalue weighted by molar-refractivity contribution is -0.122. The second kappa shape index (κ2) is 8.30. The minimum atomic E-state index is -0.869. The van der Waals surface area contributed by atoms with Gasteiger partial charge in [0.2, 0.25) is 0 Å². The Morgan fingerprint density at radius 3 is 2.38 bits per heavy atom. The molecule has 1 saturated heterocycles. The zero-order valence-corrected chi connectivity index (χ0v) is 19.1. The van der Waals surface area contributed by atoms with Gasteiger partial charge in [0.25, 0.3) is 11.8 Å². The van der Waals surface area contributed by atoms with Crippen molar-refractivity contribution in [3.8, 4) is 5.69 Å². The van der Waals surface area contributed by atoms with Crippen molar-refractivity contribution in [1.29, 1.82) is 0 Å². The largest absolute Gasteiger partial charge is 0.335 e. The highest BCUT2D eigenvalue weighted by Crippen LogP contribution is 2.32. The van der Waals surface area contributed by atoms with Gasteiger partial charge in [0.05, 0.1) is 10.7 Å². The number of carbonyl (C=O) groups excluding carboxylic acids is 3. The van der Waals surface area contributed by atoms with Crippen molar-refractivity contribution >= 4 is 52.8 Å². The number of urea groups is 1. The van der Waals surface area contributed by atoms with Gasteiger partial charge in [0.15, 0.2) is 0 Å². The Bertz CT molecular complexity index is 1320. The number of anilines is 1. The number of rotatable bonds is 3. The van der Waals surface area contributed by atoms with Gasteiger partial charge in [-0.2, -0.15) is 0 Å². The van der Waals surface area contributed by atoms with Crippen molar-refractivity contribution in [2.24, 2.45) is 0 Å². The number of nitrogens with one attached hydrogen (secondary N) is 1. The monoisotopic (exact) mass is 467 g/mol. The molecule has 1 N–H and O–H groups in total. The standard InChI is InChI=1S/C24H19Cl2N3O3/c1-13-5-4-6-18(9-13)28-14(2)10-16(15(28)3)11-19-22(30)27-24(32)29(23(19)31)21-8-7-17(25)12-20(21)26/h4-12H,1-3H3,(H,27,30,32)/b19-11+. The molecule has 1 aromatic heterocycles. The van der Waals surface area contributed by atoms with Gasteiger partial charge in [-0.15, -0.1) is 0 Å². The third-order valence-electron chi connectivity index (χ3n) is 5.28. The first-order valence-electron chi connectivity index (χ1n) is 9.80. The van der Waals surface area contributed by atoms with Crippen LogP contribution in [0.25, 0.3) is 11.8 Å². The van der Waals surface area contributed by atoms with E-state index in [2.05, 4.69) is 11.4 Å². The van der Waals surface area contributed by atoms with E-state index in [9.17, 15) is 14.4 Å². The van der Waals surface area contributed by atoms with E-state index in [0.717, 1.165) is 27.5 Å². The molecule has 1 fully saturated rings. The number of aryl methyl sites for hydroxylation is 2. The molecule has 0 spiro atoms. The number of benzene rings is 2. The molecule has 1 aliphatic rings. The first-order chi connectivity index (χ1) is 15.2. The number of amides is 4. The van der Waals surface area contributed by atoms with Crippen molar-refractivity contribution in [2.45, 2.75) is 20.8 Å². The van der Waals surface area contributed by atoms with Crippen LogP contribution in [0.2, 0.25) is 10.0 Å². The predicted molar refractivity (Wildman–Crippen MR) is 125 cm³/mol. The van der Waals surface area contributed by atoms with Crippen LogP contribution in [-0.4, -0.2) is 22.4 Å². The predicted octanol–water partition coefficient (Wildman–Crippen LogP) is 5.38. The van der Waals surface area contributed by atoms with Gasteiger partial charge in [-0.1, -0.05) is 35.3 Å². The molecule has 2 aromatic carbocycles. The fraction of sp³-hybridized carbons (Fsp3) is 0.125. The lowest BCUT2D eigenvalue weighted by atomic mass is 10.1. The van der Waals surface area contributed by atoms with Crippen molar-refractivity contribution in [3.63, 3.8) is 0 Å². The number of halogens is 2. The molecule has 0 bridgehead atoms. The fourth-order valence-electron chi connectivity index (χ4n) is 3.79. The van der Waals surface area contributed by atoms with E-state index >= 15 is 0 Å². The fourth-order valence-corrected chi connectivity index (χ4v) is 4.29. The highest BCUT2D eigenvalue weighted by atomic mass is 35.5. The van der Waals surface area contributed by atoms with Crippen LogP contribution in [0.5, 0.6) is 0 Å². The molecule has 6 nitrogen and oxygen atoms in total. The van der Waals surface area contributed by atoms with Crippen LogP contribution in [0.1, 0.15) is 22.5 Å². The molecule has 1 aliphatic heterocycles. The molecular weight excluding hydrogens is 449 g/mol. The molecule has 2 heterocycles. The summed E-state index contributed by atoms with van der Waals surface area (Å²) in [5, 5.41) is 2.69. The lowest BCUT2D eigenvalue weighted by Gasteiger charge is -2.27. The Morgan fingerprint density at radius 2 is 1.69 bits per heavy atom. The molecule has 0 saturated carbocycles. The van der Waals surface area contributed by atoms with Gasteiger partial charge in [-0.05, 0) is 74.4 Å². The van der Waals surface area contributed by atoms with Crippen LogP contribution in [0, 0.1) is 20.8 Å². The van der Waals surface area contributed by atoms with Gasteiger partial charge in [0, 0.05) is 22.1 Å². The summed E-state index contributed by atoms with van der Waals surface area (Å²) < 4.78 is 2.05. The van der Waals surface area contributed by atoms with Crippen LogP contribution < -0.4 is 10.2 Å². The molecular formula is C24H19Cl2N3O3. The van der Waals surface area contributed by atoms with E-state index in [-0.39, 0.29) is 16.3 Å². The molecule has 0 radical (unpaired) electrons. The van der Waals surface area contributed by atoms with E-state index < -0.39 is 17.8 Å². The van der Waals surface area contributed by atoms with E-state index in [1.165, 1.54) is 24.3 Å².